The summed E-state index contributed by atoms with van der Waals surface area (Å²) >= 11 is 0. The van der Waals surface area contributed by atoms with Crippen LogP contribution in [0.5, 0.6) is 0 Å². The van der Waals surface area contributed by atoms with E-state index in [0.717, 1.165) is 5.69 Å². The highest BCUT2D eigenvalue weighted by Crippen LogP contribution is 2.24. The maximum absolute atomic E-state index is 9.32. The van der Waals surface area contributed by atoms with Crippen LogP contribution in [0.2, 0.25) is 0 Å². The number of rotatable bonds is 4. The first kappa shape index (κ1) is 12.8. The van der Waals surface area contributed by atoms with E-state index >= 15 is 0 Å². The Morgan fingerprint density at radius 3 is 2.39 bits per heavy atom. The van der Waals surface area contributed by atoms with Gasteiger partial charge in [-0.3, -0.25) is 0 Å². The van der Waals surface area contributed by atoms with Crippen LogP contribution < -0.4 is 0 Å². The minimum Gasteiger partial charge on any atom is -0.390 e. The summed E-state index contributed by atoms with van der Waals surface area (Å²) in [4.78, 5) is 0. The fourth-order valence-electron chi connectivity index (χ4n) is 2.20. The molecule has 0 saturated heterocycles. The predicted octanol–water partition coefficient (Wildman–Crippen LogP) is 2.50. The minimum atomic E-state index is -0.0605. The van der Waals surface area contributed by atoms with E-state index in [1.807, 2.05) is 22.9 Å². The smallest absolute Gasteiger partial charge is 0.112 e. The van der Waals surface area contributed by atoms with Gasteiger partial charge in [-0.25, -0.2) is 4.68 Å². The molecule has 0 bridgehead atoms. The maximum Gasteiger partial charge on any atom is 0.112 e. The van der Waals surface area contributed by atoms with E-state index in [4.69, 9.17) is 0 Å². The second-order valence-electron chi connectivity index (χ2n) is 4.77. The van der Waals surface area contributed by atoms with E-state index in [1.165, 1.54) is 5.56 Å². The molecule has 96 valence electrons. The summed E-state index contributed by atoms with van der Waals surface area (Å²) in [5, 5.41) is 17.6. The standard InChI is InChI=1S/C14H19N3O/c1-10(2)14-13(9-18)15-16-17(14)11(3)12-7-5-4-6-8-12/h4-8,10-11,18H,9H2,1-3H3. The van der Waals surface area contributed by atoms with Crippen molar-refractivity contribution in [1.82, 2.24) is 15.0 Å². The van der Waals surface area contributed by atoms with Crippen LogP contribution in [0.25, 0.3) is 0 Å². The Balaban J connectivity index is 2.42. The van der Waals surface area contributed by atoms with Crippen LogP contribution in [0.3, 0.4) is 0 Å². The molecular formula is C14H19N3O. The third-order valence-corrected chi connectivity index (χ3v) is 3.15. The van der Waals surface area contributed by atoms with E-state index in [0.29, 0.717) is 5.69 Å². The van der Waals surface area contributed by atoms with Gasteiger partial charge in [0.1, 0.15) is 5.69 Å². The molecule has 0 amide bonds. The third-order valence-electron chi connectivity index (χ3n) is 3.15. The zero-order chi connectivity index (χ0) is 13.1. The summed E-state index contributed by atoms with van der Waals surface area (Å²) < 4.78 is 1.91. The number of benzene rings is 1. The molecule has 0 spiro atoms. The number of aliphatic hydroxyl groups excluding tert-OH is 1. The molecule has 1 heterocycles. The Kier molecular flexibility index (Phi) is 3.77. The highest BCUT2D eigenvalue weighted by Gasteiger charge is 2.19. The zero-order valence-electron chi connectivity index (χ0n) is 11.0. The predicted molar refractivity (Wildman–Crippen MR) is 70.3 cm³/mol. The van der Waals surface area contributed by atoms with Gasteiger partial charge in [-0.05, 0) is 18.4 Å². The molecule has 1 N–H and O–H groups in total. The quantitative estimate of drug-likeness (QED) is 0.900. The largest absolute Gasteiger partial charge is 0.390 e. The molecule has 4 nitrogen and oxygen atoms in total. The Morgan fingerprint density at radius 2 is 1.83 bits per heavy atom. The third kappa shape index (κ3) is 2.29. The highest BCUT2D eigenvalue weighted by atomic mass is 16.3. The van der Waals surface area contributed by atoms with Crippen molar-refractivity contribution in [2.75, 3.05) is 0 Å². The van der Waals surface area contributed by atoms with Gasteiger partial charge in [-0.2, -0.15) is 0 Å². The molecule has 1 unspecified atom stereocenters. The molecule has 1 aromatic heterocycles. The summed E-state index contributed by atoms with van der Waals surface area (Å²) in [6.45, 7) is 6.21. The first-order valence-electron chi connectivity index (χ1n) is 6.25. The summed E-state index contributed by atoms with van der Waals surface area (Å²) in [6.07, 6.45) is 0. The first-order valence-corrected chi connectivity index (χ1v) is 6.25. The van der Waals surface area contributed by atoms with Gasteiger partial charge in [0.05, 0.1) is 18.3 Å². The van der Waals surface area contributed by atoms with Crippen LogP contribution >= 0.6 is 0 Å². The van der Waals surface area contributed by atoms with Crippen molar-refractivity contribution in [3.63, 3.8) is 0 Å². The van der Waals surface area contributed by atoms with Crippen LogP contribution in [0, 0.1) is 0 Å². The topological polar surface area (TPSA) is 50.9 Å². The van der Waals surface area contributed by atoms with Crippen molar-refractivity contribution in [2.45, 2.75) is 39.3 Å². The number of aromatic nitrogens is 3. The molecule has 0 aliphatic carbocycles. The lowest BCUT2D eigenvalue weighted by atomic mass is 10.0. The number of aliphatic hydroxyl groups is 1. The minimum absolute atomic E-state index is 0.0605. The Hall–Kier alpha value is -1.68. The molecule has 0 aliphatic heterocycles. The molecule has 1 aromatic carbocycles. The van der Waals surface area contributed by atoms with Gasteiger partial charge in [0.15, 0.2) is 0 Å². The zero-order valence-corrected chi connectivity index (χ0v) is 11.0. The lowest BCUT2D eigenvalue weighted by Crippen LogP contribution is -2.13. The molecule has 1 atom stereocenters. The Bertz CT molecular complexity index is 505. The van der Waals surface area contributed by atoms with Crippen LogP contribution in [-0.4, -0.2) is 20.1 Å². The van der Waals surface area contributed by atoms with Gasteiger partial charge in [-0.1, -0.05) is 49.4 Å². The van der Waals surface area contributed by atoms with Crippen molar-refractivity contribution < 1.29 is 5.11 Å². The number of nitrogens with zero attached hydrogens (tertiary/aromatic N) is 3. The van der Waals surface area contributed by atoms with E-state index in [2.05, 4.69) is 43.2 Å². The van der Waals surface area contributed by atoms with E-state index in [1.54, 1.807) is 0 Å². The van der Waals surface area contributed by atoms with Gasteiger partial charge in [0.2, 0.25) is 0 Å². The first-order chi connectivity index (χ1) is 8.65. The summed E-state index contributed by atoms with van der Waals surface area (Å²) in [6, 6.07) is 10.3. The second kappa shape index (κ2) is 5.31. The fraction of sp³-hybridized carbons (Fsp3) is 0.429. The molecule has 0 fully saturated rings. The van der Waals surface area contributed by atoms with Crippen LogP contribution in [0.1, 0.15) is 49.7 Å². The second-order valence-corrected chi connectivity index (χ2v) is 4.77. The molecule has 0 saturated carbocycles. The average Bonchev–Trinajstić information content (AvgIpc) is 2.82. The molecule has 0 aliphatic rings. The highest BCUT2D eigenvalue weighted by molar-refractivity contribution is 5.22. The van der Waals surface area contributed by atoms with Gasteiger partial charge < -0.3 is 5.11 Å². The summed E-state index contributed by atoms with van der Waals surface area (Å²) in [5.41, 5.74) is 2.87. The summed E-state index contributed by atoms with van der Waals surface area (Å²) in [7, 11) is 0. The van der Waals surface area contributed by atoms with E-state index < -0.39 is 0 Å². The van der Waals surface area contributed by atoms with Crippen molar-refractivity contribution >= 4 is 0 Å². The normalized spacial score (nSPS) is 12.9. The van der Waals surface area contributed by atoms with Gasteiger partial charge in [-0.15, -0.1) is 5.10 Å². The van der Waals surface area contributed by atoms with Crippen molar-refractivity contribution in [3.8, 4) is 0 Å². The molecule has 0 radical (unpaired) electrons. The molecule has 2 aromatic rings. The van der Waals surface area contributed by atoms with Gasteiger partial charge in [0, 0.05) is 0 Å². The van der Waals surface area contributed by atoms with E-state index in [9.17, 15) is 5.11 Å². The van der Waals surface area contributed by atoms with Crippen LogP contribution in [0.4, 0.5) is 0 Å². The number of hydrogen-bond acceptors (Lipinski definition) is 3. The molecule has 18 heavy (non-hydrogen) atoms. The van der Waals surface area contributed by atoms with Gasteiger partial charge >= 0.3 is 0 Å². The summed E-state index contributed by atoms with van der Waals surface area (Å²) in [5.74, 6) is 0.285. The van der Waals surface area contributed by atoms with Crippen molar-refractivity contribution in [2.24, 2.45) is 0 Å². The lowest BCUT2D eigenvalue weighted by molar-refractivity contribution is 0.274. The van der Waals surface area contributed by atoms with Gasteiger partial charge in [0.25, 0.3) is 0 Å². The monoisotopic (exact) mass is 245 g/mol. The fourth-order valence-corrected chi connectivity index (χ4v) is 2.20. The van der Waals surface area contributed by atoms with Crippen molar-refractivity contribution in [1.29, 1.82) is 0 Å². The molecule has 2 rings (SSSR count). The van der Waals surface area contributed by atoms with Crippen LogP contribution in [-0.2, 0) is 6.61 Å². The SMILES string of the molecule is CC(C)c1c(CO)nnn1C(C)c1ccccc1. The molecule has 4 heteroatoms. The average molecular weight is 245 g/mol. The molecular weight excluding hydrogens is 226 g/mol. The van der Waals surface area contributed by atoms with Crippen molar-refractivity contribution in [3.05, 3.63) is 47.3 Å². The van der Waals surface area contributed by atoms with Crippen LogP contribution in [0.15, 0.2) is 30.3 Å². The lowest BCUT2D eigenvalue weighted by Gasteiger charge is -2.17. The number of hydrogen-bond donors (Lipinski definition) is 1. The Labute approximate surface area is 107 Å². The van der Waals surface area contributed by atoms with E-state index in [-0.39, 0.29) is 18.6 Å². The maximum atomic E-state index is 9.32. The Morgan fingerprint density at radius 1 is 1.17 bits per heavy atom.